The van der Waals surface area contributed by atoms with Crippen LogP contribution in [0.4, 0.5) is 4.79 Å². The van der Waals surface area contributed by atoms with Gasteiger partial charge in [-0.05, 0) is 51.9 Å². The molecule has 1 heterocycles. The molecule has 6 nitrogen and oxygen atoms in total. The minimum atomic E-state index is -0.438. The molecule has 0 radical (unpaired) electrons. The molecule has 0 saturated carbocycles. The summed E-state index contributed by atoms with van der Waals surface area (Å²) < 4.78 is 5.45. The van der Waals surface area contributed by atoms with Gasteiger partial charge >= 0.3 is 6.09 Å². The van der Waals surface area contributed by atoms with E-state index in [1.54, 1.807) is 0 Å². The molecule has 0 aromatic heterocycles. The van der Waals surface area contributed by atoms with Crippen LogP contribution in [0.15, 0.2) is 4.99 Å². The largest absolute Gasteiger partial charge is 0.444 e. The quantitative estimate of drug-likeness (QED) is 0.601. The number of likely N-dealkylation sites (tertiary alicyclic amines) is 1. The predicted octanol–water partition coefficient (Wildman–Crippen LogP) is 2.58. The maximum absolute atomic E-state index is 12.1. The number of guanidine groups is 1. The number of hydrogen-bond acceptors (Lipinski definition) is 3. The summed E-state index contributed by atoms with van der Waals surface area (Å²) in [6, 6.07) is 0. The molecule has 1 amide bonds. The Bertz CT molecular complexity index is 402. The van der Waals surface area contributed by atoms with E-state index in [2.05, 4.69) is 24.2 Å². The number of nitrogens with two attached hydrogens (primary N) is 1. The van der Waals surface area contributed by atoms with E-state index in [4.69, 9.17) is 10.5 Å². The standard InChI is InChI=1S/C17H34N4O2/c1-13(2)11-20-15(18)19-9-8-14-7-6-10-21(12-14)16(22)23-17(3,4)5/h13-14H,6-12H2,1-5H3,(H3,18,19,20). The lowest BCUT2D eigenvalue weighted by Gasteiger charge is -2.34. The summed E-state index contributed by atoms with van der Waals surface area (Å²) in [5, 5.41) is 3.16. The van der Waals surface area contributed by atoms with Crippen LogP contribution in [0.5, 0.6) is 0 Å². The number of nitrogens with one attached hydrogen (secondary N) is 1. The van der Waals surface area contributed by atoms with Crippen molar-refractivity contribution in [3.63, 3.8) is 0 Å². The highest BCUT2D eigenvalue weighted by molar-refractivity contribution is 5.77. The Hall–Kier alpha value is -1.46. The zero-order valence-electron chi connectivity index (χ0n) is 15.4. The Morgan fingerprint density at radius 2 is 2.13 bits per heavy atom. The molecular formula is C17H34N4O2. The maximum Gasteiger partial charge on any atom is 0.410 e. The number of carbonyl (C=O) groups is 1. The summed E-state index contributed by atoms with van der Waals surface area (Å²) in [4.78, 5) is 18.3. The van der Waals surface area contributed by atoms with E-state index in [0.29, 0.717) is 17.8 Å². The summed E-state index contributed by atoms with van der Waals surface area (Å²) >= 11 is 0. The average molecular weight is 326 g/mol. The van der Waals surface area contributed by atoms with Gasteiger partial charge in [-0.1, -0.05) is 13.8 Å². The number of rotatable bonds is 5. The van der Waals surface area contributed by atoms with Crippen molar-refractivity contribution in [1.82, 2.24) is 10.2 Å². The van der Waals surface area contributed by atoms with Crippen molar-refractivity contribution in [2.45, 2.75) is 59.5 Å². The van der Waals surface area contributed by atoms with E-state index >= 15 is 0 Å². The smallest absolute Gasteiger partial charge is 0.410 e. The van der Waals surface area contributed by atoms with Gasteiger partial charge in [0, 0.05) is 26.2 Å². The zero-order valence-corrected chi connectivity index (χ0v) is 15.4. The average Bonchev–Trinajstić information content (AvgIpc) is 2.43. The van der Waals surface area contributed by atoms with Crippen molar-refractivity contribution in [1.29, 1.82) is 0 Å². The van der Waals surface area contributed by atoms with Crippen LogP contribution in [-0.2, 0) is 4.74 Å². The van der Waals surface area contributed by atoms with E-state index in [1.165, 1.54) is 0 Å². The van der Waals surface area contributed by atoms with Crippen molar-refractivity contribution >= 4 is 12.1 Å². The molecule has 1 fully saturated rings. The van der Waals surface area contributed by atoms with Crippen molar-refractivity contribution in [3.8, 4) is 0 Å². The molecule has 1 unspecified atom stereocenters. The minimum Gasteiger partial charge on any atom is -0.444 e. The summed E-state index contributed by atoms with van der Waals surface area (Å²) in [6.45, 7) is 13.0. The van der Waals surface area contributed by atoms with Crippen molar-refractivity contribution in [2.75, 3.05) is 26.2 Å². The van der Waals surface area contributed by atoms with E-state index in [1.807, 2.05) is 25.7 Å². The first-order valence-corrected chi connectivity index (χ1v) is 8.69. The molecule has 0 aliphatic carbocycles. The number of nitrogens with zero attached hydrogens (tertiary/aromatic N) is 2. The monoisotopic (exact) mass is 326 g/mol. The van der Waals surface area contributed by atoms with Crippen molar-refractivity contribution < 1.29 is 9.53 Å². The molecule has 0 bridgehead atoms. The highest BCUT2D eigenvalue weighted by Crippen LogP contribution is 2.21. The molecule has 1 aliphatic heterocycles. The lowest BCUT2D eigenvalue weighted by atomic mass is 9.95. The summed E-state index contributed by atoms with van der Waals surface area (Å²) in [5.41, 5.74) is 5.40. The number of amides is 1. The maximum atomic E-state index is 12.1. The van der Waals surface area contributed by atoms with Crippen LogP contribution in [0, 0.1) is 11.8 Å². The highest BCUT2D eigenvalue weighted by atomic mass is 16.6. The van der Waals surface area contributed by atoms with Crippen molar-refractivity contribution in [3.05, 3.63) is 0 Å². The normalized spacial score (nSPS) is 19.8. The first kappa shape index (κ1) is 19.6. The minimum absolute atomic E-state index is 0.201. The van der Waals surface area contributed by atoms with Gasteiger partial charge in [0.15, 0.2) is 5.96 Å². The fraction of sp³-hybridized carbons (Fsp3) is 0.882. The van der Waals surface area contributed by atoms with Gasteiger partial charge in [0.05, 0.1) is 0 Å². The molecule has 1 atom stereocenters. The molecule has 134 valence electrons. The molecule has 3 N–H and O–H groups in total. The second-order valence-corrected chi connectivity index (χ2v) is 7.77. The molecule has 0 aromatic carbocycles. The molecule has 1 rings (SSSR count). The third-order valence-corrected chi connectivity index (χ3v) is 3.66. The van der Waals surface area contributed by atoms with Crippen molar-refractivity contribution in [2.24, 2.45) is 22.6 Å². The molecule has 1 saturated heterocycles. The predicted molar refractivity (Wildman–Crippen MR) is 94.5 cm³/mol. The number of piperidine rings is 1. The zero-order chi connectivity index (χ0) is 17.5. The Morgan fingerprint density at radius 1 is 1.43 bits per heavy atom. The summed E-state index contributed by atoms with van der Waals surface area (Å²) in [5.74, 6) is 1.51. The number of carbonyl (C=O) groups excluding carboxylic acids is 1. The molecule has 6 heteroatoms. The lowest BCUT2D eigenvalue weighted by molar-refractivity contribution is 0.0162. The third kappa shape index (κ3) is 8.67. The van der Waals surface area contributed by atoms with E-state index in [-0.39, 0.29) is 6.09 Å². The van der Waals surface area contributed by atoms with Gasteiger partial charge in [0.1, 0.15) is 5.60 Å². The van der Waals surface area contributed by atoms with Crippen LogP contribution in [-0.4, -0.2) is 48.7 Å². The van der Waals surface area contributed by atoms with Gasteiger partial charge in [-0.25, -0.2) is 4.79 Å². The second-order valence-electron chi connectivity index (χ2n) is 7.77. The first-order chi connectivity index (χ1) is 10.7. The number of hydrogen-bond donors (Lipinski definition) is 2. The van der Waals surface area contributed by atoms with Crippen LogP contribution in [0.3, 0.4) is 0 Å². The van der Waals surface area contributed by atoms with Gasteiger partial charge in [-0.3, -0.25) is 4.99 Å². The Kier molecular flexibility index (Phi) is 7.65. The fourth-order valence-electron chi connectivity index (χ4n) is 2.53. The van der Waals surface area contributed by atoms with Gasteiger partial charge in [-0.2, -0.15) is 0 Å². The number of aliphatic imine (C=N–C) groups is 1. The summed E-state index contributed by atoms with van der Waals surface area (Å²) in [7, 11) is 0. The van der Waals surface area contributed by atoms with Gasteiger partial charge in [0.2, 0.25) is 0 Å². The topological polar surface area (TPSA) is 80.0 Å². The first-order valence-electron chi connectivity index (χ1n) is 8.69. The number of ether oxygens (including phenoxy) is 1. The van der Waals surface area contributed by atoms with Crippen LogP contribution in [0.1, 0.15) is 53.9 Å². The SMILES string of the molecule is CC(C)CN=C(N)NCCC1CCCN(C(=O)OC(C)(C)C)C1. The molecular weight excluding hydrogens is 292 g/mol. The van der Waals surface area contributed by atoms with Crippen LogP contribution >= 0.6 is 0 Å². The van der Waals surface area contributed by atoms with Crippen LogP contribution in [0.2, 0.25) is 0 Å². The second kappa shape index (κ2) is 8.99. The van der Waals surface area contributed by atoms with E-state index in [0.717, 1.165) is 45.4 Å². The van der Waals surface area contributed by atoms with E-state index < -0.39 is 5.60 Å². The Labute approximate surface area is 140 Å². The molecule has 0 aromatic rings. The lowest BCUT2D eigenvalue weighted by Crippen LogP contribution is -2.43. The van der Waals surface area contributed by atoms with Crippen LogP contribution < -0.4 is 11.1 Å². The molecule has 1 aliphatic rings. The van der Waals surface area contributed by atoms with Crippen LogP contribution in [0.25, 0.3) is 0 Å². The van der Waals surface area contributed by atoms with Gasteiger partial charge < -0.3 is 20.7 Å². The fourth-order valence-corrected chi connectivity index (χ4v) is 2.53. The van der Waals surface area contributed by atoms with E-state index in [9.17, 15) is 4.79 Å². The Balaban J connectivity index is 2.33. The Morgan fingerprint density at radius 3 is 2.74 bits per heavy atom. The molecule has 23 heavy (non-hydrogen) atoms. The molecule has 0 spiro atoms. The summed E-state index contributed by atoms with van der Waals surface area (Å²) in [6.07, 6.45) is 2.95. The third-order valence-electron chi connectivity index (χ3n) is 3.66. The van der Waals surface area contributed by atoms with Gasteiger partial charge in [-0.15, -0.1) is 0 Å². The van der Waals surface area contributed by atoms with Gasteiger partial charge in [0.25, 0.3) is 0 Å². The highest BCUT2D eigenvalue weighted by Gasteiger charge is 2.27.